The largest absolute Gasteiger partial charge is 0.465 e. The maximum Gasteiger partial charge on any atom is 0.331 e. The van der Waals surface area contributed by atoms with Crippen molar-refractivity contribution in [1.29, 1.82) is 0 Å². The molecule has 0 aliphatic heterocycles. The zero-order valence-corrected chi connectivity index (χ0v) is 9.21. The number of carbonyl (C=O) groups excluding carboxylic acids is 1. The van der Waals surface area contributed by atoms with Gasteiger partial charge < -0.3 is 9.15 Å². The number of carbonyl (C=O) groups is 1. The van der Waals surface area contributed by atoms with Crippen LogP contribution in [0, 0.1) is 0 Å². The van der Waals surface area contributed by atoms with Crippen molar-refractivity contribution >= 4 is 12.0 Å². The van der Waals surface area contributed by atoms with Gasteiger partial charge in [-0.2, -0.15) is 0 Å². The third kappa shape index (κ3) is 3.65. The molecular weight excluding hydrogens is 216 g/mol. The minimum absolute atomic E-state index is 0.280. The molecule has 0 bridgehead atoms. The molecule has 3 heteroatoms. The van der Waals surface area contributed by atoms with E-state index in [9.17, 15) is 4.79 Å². The van der Waals surface area contributed by atoms with Gasteiger partial charge in [-0.3, -0.25) is 0 Å². The van der Waals surface area contributed by atoms with Gasteiger partial charge in [0.25, 0.3) is 0 Å². The molecule has 0 saturated heterocycles. The van der Waals surface area contributed by atoms with E-state index < -0.39 is 0 Å². The molecule has 1 aromatic heterocycles. The highest BCUT2D eigenvalue weighted by atomic mass is 16.5. The molecule has 17 heavy (non-hydrogen) atoms. The minimum atomic E-state index is -0.384. The zero-order valence-electron chi connectivity index (χ0n) is 9.21. The van der Waals surface area contributed by atoms with Crippen LogP contribution in [0.5, 0.6) is 0 Å². The molecule has 0 N–H and O–H groups in total. The molecule has 2 rings (SSSR count). The molecule has 0 unspecified atom stereocenters. The van der Waals surface area contributed by atoms with E-state index >= 15 is 0 Å². The fraction of sp³-hybridized carbons (Fsp3) is 0.0714. The third-order valence-electron chi connectivity index (χ3n) is 2.15. The Hall–Kier alpha value is -2.29. The van der Waals surface area contributed by atoms with Crippen molar-refractivity contribution < 1.29 is 13.9 Å². The number of hydrogen-bond donors (Lipinski definition) is 0. The van der Waals surface area contributed by atoms with Crippen molar-refractivity contribution in [2.75, 3.05) is 0 Å². The summed E-state index contributed by atoms with van der Waals surface area (Å²) in [6.07, 6.45) is 4.48. The van der Waals surface area contributed by atoms with Crippen LogP contribution in [-0.2, 0) is 16.1 Å². The summed E-state index contributed by atoms with van der Waals surface area (Å²) in [5.74, 6) is 0.243. The van der Waals surface area contributed by atoms with Gasteiger partial charge in [0.2, 0.25) is 0 Å². The lowest BCUT2D eigenvalue weighted by molar-refractivity contribution is -0.138. The Labute approximate surface area is 99.3 Å². The maximum absolute atomic E-state index is 11.4. The smallest absolute Gasteiger partial charge is 0.331 e. The van der Waals surface area contributed by atoms with Gasteiger partial charge in [-0.15, -0.1) is 0 Å². The van der Waals surface area contributed by atoms with Crippen molar-refractivity contribution in [2.24, 2.45) is 0 Å². The molecule has 0 radical (unpaired) electrons. The van der Waals surface area contributed by atoms with Crippen molar-refractivity contribution in [2.45, 2.75) is 6.61 Å². The second kappa shape index (κ2) is 5.70. The lowest BCUT2D eigenvalue weighted by Crippen LogP contribution is -2.00. The highest BCUT2D eigenvalue weighted by molar-refractivity contribution is 5.86. The van der Waals surface area contributed by atoms with Crippen LogP contribution in [0.25, 0.3) is 6.08 Å². The Balaban J connectivity index is 1.82. The monoisotopic (exact) mass is 228 g/mol. The summed E-state index contributed by atoms with van der Waals surface area (Å²) in [5, 5.41) is 0. The van der Waals surface area contributed by atoms with Crippen molar-refractivity contribution in [3.63, 3.8) is 0 Å². The highest BCUT2D eigenvalue weighted by Gasteiger charge is 1.98. The molecule has 0 amide bonds. The van der Waals surface area contributed by atoms with Gasteiger partial charge in [0, 0.05) is 6.08 Å². The predicted octanol–water partition coefficient (Wildman–Crippen LogP) is 3.04. The molecular formula is C14H12O3. The van der Waals surface area contributed by atoms with Crippen molar-refractivity contribution in [1.82, 2.24) is 0 Å². The van der Waals surface area contributed by atoms with Crippen LogP contribution >= 0.6 is 0 Å². The first-order valence-electron chi connectivity index (χ1n) is 5.27. The topological polar surface area (TPSA) is 39.4 Å². The Morgan fingerprint density at radius 3 is 2.71 bits per heavy atom. The molecule has 1 heterocycles. The molecule has 0 spiro atoms. The quantitative estimate of drug-likeness (QED) is 0.596. The number of furan rings is 1. The van der Waals surface area contributed by atoms with Crippen LogP contribution < -0.4 is 0 Å². The first-order chi connectivity index (χ1) is 8.34. The predicted molar refractivity (Wildman–Crippen MR) is 64.0 cm³/mol. The second-order valence-corrected chi connectivity index (χ2v) is 3.44. The van der Waals surface area contributed by atoms with E-state index in [1.165, 1.54) is 6.08 Å². The molecule has 0 fully saturated rings. The molecule has 3 nitrogen and oxygen atoms in total. The van der Waals surface area contributed by atoms with E-state index in [4.69, 9.17) is 9.15 Å². The number of benzene rings is 1. The van der Waals surface area contributed by atoms with Gasteiger partial charge in [0.1, 0.15) is 12.4 Å². The number of esters is 1. The van der Waals surface area contributed by atoms with Gasteiger partial charge in [-0.25, -0.2) is 4.79 Å². The Morgan fingerprint density at radius 2 is 2.00 bits per heavy atom. The summed E-state index contributed by atoms with van der Waals surface area (Å²) in [7, 11) is 0. The van der Waals surface area contributed by atoms with Crippen molar-refractivity contribution in [3.8, 4) is 0 Å². The molecule has 0 atom stereocenters. The summed E-state index contributed by atoms with van der Waals surface area (Å²) >= 11 is 0. The van der Waals surface area contributed by atoms with E-state index in [-0.39, 0.29) is 12.6 Å². The molecule has 0 aliphatic rings. The minimum Gasteiger partial charge on any atom is -0.465 e. The molecule has 86 valence electrons. The lowest BCUT2D eigenvalue weighted by atomic mass is 10.2. The van der Waals surface area contributed by atoms with E-state index in [2.05, 4.69) is 0 Å². The van der Waals surface area contributed by atoms with E-state index in [0.29, 0.717) is 5.76 Å². The van der Waals surface area contributed by atoms with Crippen LogP contribution in [0.15, 0.2) is 59.2 Å². The summed E-state index contributed by atoms with van der Waals surface area (Å²) in [5.41, 5.74) is 0.965. The van der Waals surface area contributed by atoms with E-state index in [0.717, 1.165) is 5.56 Å². The first-order valence-corrected chi connectivity index (χ1v) is 5.27. The third-order valence-corrected chi connectivity index (χ3v) is 2.15. The van der Waals surface area contributed by atoms with Gasteiger partial charge in [0.15, 0.2) is 0 Å². The fourth-order valence-electron chi connectivity index (χ4n) is 1.31. The van der Waals surface area contributed by atoms with Gasteiger partial charge in [-0.05, 0) is 23.8 Å². The van der Waals surface area contributed by atoms with Crippen LogP contribution in [0.4, 0.5) is 0 Å². The maximum atomic E-state index is 11.4. The first kappa shape index (κ1) is 11.2. The Bertz CT molecular complexity index is 483. The number of ether oxygens (including phenoxy) is 1. The lowest BCUT2D eigenvalue weighted by Gasteiger charge is -2.00. The van der Waals surface area contributed by atoms with Gasteiger partial charge in [0.05, 0.1) is 6.26 Å². The number of rotatable bonds is 4. The molecule has 2 aromatic rings. The van der Waals surface area contributed by atoms with Crippen LogP contribution in [0.2, 0.25) is 0 Å². The van der Waals surface area contributed by atoms with E-state index in [1.54, 1.807) is 24.5 Å². The van der Waals surface area contributed by atoms with Crippen molar-refractivity contribution in [3.05, 3.63) is 66.1 Å². The fourth-order valence-corrected chi connectivity index (χ4v) is 1.31. The SMILES string of the molecule is O=C(C=Cc1ccco1)OCc1ccccc1. The van der Waals surface area contributed by atoms with Crippen LogP contribution in [0.3, 0.4) is 0 Å². The molecule has 0 saturated carbocycles. The number of hydrogen-bond acceptors (Lipinski definition) is 3. The summed E-state index contributed by atoms with van der Waals surface area (Å²) < 4.78 is 10.1. The Morgan fingerprint density at radius 1 is 1.18 bits per heavy atom. The normalized spacial score (nSPS) is 10.6. The average Bonchev–Trinajstić information content (AvgIpc) is 2.88. The highest BCUT2D eigenvalue weighted by Crippen LogP contribution is 2.04. The Kier molecular flexibility index (Phi) is 3.76. The standard InChI is InChI=1S/C14H12O3/c15-14(9-8-13-7-4-10-16-13)17-11-12-5-2-1-3-6-12/h1-10H,11H2. The zero-order chi connectivity index (χ0) is 11.9. The summed E-state index contributed by atoms with van der Waals surface area (Å²) in [4.78, 5) is 11.4. The second-order valence-electron chi connectivity index (χ2n) is 3.44. The van der Waals surface area contributed by atoms with E-state index in [1.807, 2.05) is 30.3 Å². The van der Waals surface area contributed by atoms with Gasteiger partial charge >= 0.3 is 5.97 Å². The van der Waals surface area contributed by atoms with Crippen LogP contribution in [0.1, 0.15) is 11.3 Å². The molecule has 0 aliphatic carbocycles. The van der Waals surface area contributed by atoms with Crippen LogP contribution in [-0.4, -0.2) is 5.97 Å². The van der Waals surface area contributed by atoms with Gasteiger partial charge in [-0.1, -0.05) is 30.3 Å². The summed E-state index contributed by atoms with van der Waals surface area (Å²) in [6.45, 7) is 0.280. The summed E-state index contributed by atoms with van der Waals surface area (Å²) in [6, 6.07) is 13.1. The molecule has 1 aromatic carbocycles. The average molecular weight is 228 g/mol.